The minimum absolute atomic E-state index is 0.292. The summed E-state index contributed by atoms with van der Waals surface area (Å²) in [6.07, 6.45) is 1.43. The van der Waals surface area contributed by atoms with E-state index in [2.05, 4.69) is 4.99 Å². The van der Waals surface area contributed by atoms with Gasteiger partial charge in [-0.3, -0.25) is 0 Å². The van der Waals surface area contributed by atoms with Gasteiger partial charge in [0.1, 0.15) is 6.54 Å². The molecule has 1 heterocycles. The van der Waals surface area contributed by atoms with Crippen LogP contribution in [0.25, 0.3) is 0 Å². The average molecular weight is 100 g/mol. The lowest BCUT2D eigenvalue weighted by molar-refractivity contribution is -0.752. The molecule has 0 spiro atoms. The van der Waals surface area contributed by atoms with Crippen molar-refractivity contribution < 1.29 is 4.65 Å². The van der Waals surface area contributed by atoms with Gasteiger partial charge in [-0.05, 0) is 0 Å². The fourth-order valence-corrected chi connectivity index (χ4v) is 0.544. The smallest absolute Gasteiger partial charge is 0.185 e. The van der Waals surface area contributed by atoms with Crippen LogP contribution in [0.15, 0.2) is 4.99 Å². The van der Waals surface area contributed by atoms with Crippen molar-refractivity contribution in [2.45, 2.75) is 0 Å². The molecule has 3 nitrogen and oxygen atoms in total. The van der Waals surface area contributed by atoms with Crippen LogP contribution in [0, 0.1) is 5.21 Å². The van der Waals surface area contributed by atoms with Gasteiger partial charge in [0.2, 0.25) is 0 Å². The second-order valence-electron chi connectivity index (χ2n) is 1.92. The van der Waals surface area contributed by atoms with Crippen molar-refractivity contribution in [2.75, 3.05) is 20.1 Å². The molecular weight excluding hydrogens is 92.1 g/mol. The third-order valence-corrected chi connectivity index (χ3v) is 0.999. The Morgan fingerprint density at radius 3 is 2.71 bits per heavy atom. The predicted molar refractivity (Wildman–Crippen MR) is 27.8 cm³/mol. The molecule has 0 amide bonds. The fraction of sp³-hybridized carbons (Fsp3) is 0.750. The molecule has 0 saturated heterocycles. The van der Waals surface area contributed by atoms with Crippen LogP contribution in [0.5, 0.6) is 0 Å². The molecule has 1 unspecified atom stereocenters. The molecule has 0 fully saturated rings. The van der Waals surface area contributed by atoms with E-state index in [1.54, 1.807) is 7.05 Å². The Bertz CT molecular complexity index is 97.9. The summed E-state index contributed by atoms with van der Waals surface area (Å²) in [4.78, 5) is 3.77. The van der Waals surface area contributed by atoms with Crippen LogP contribution in [0.1, 0.15) is 0 Å². The quantitative estimate of drug-likeness (QED) is 0.311. The van der Waals surface area contributed by atoms with E-state index in [-0.39, 0.29) is 4.65 Å². The summed E-state index contributed by atoms with van der Waals surface area (Å²) in [6, 6.07) is 0. The Morgan fingerprint density at radius 2 is 2.57 bits per heavy atom. The van der Waals surface area contributed by atoms with Crippen LogP contribution in [0.2, 0.25) is 0 Å². The summed E-state index contributed by atoms with van der Waals surface area (Å²) in [6.45, 7) is 1.31. The van der Waals surface area contributed by atoms with Gasteiger partial charge in [-0.2, -0.15) is 0 Å². The third kappa shape index (κ3) is 0.976. The van der Waals surface area contributed by atoms with Gasteiger partial charge in [-0.15, -0.1) is 0 Å². The van der Waals surface area contributed by atoms with Crippen LogP contribution in [-0.4, -0.2) is 31.1 Å². The molecule has 0 aromatic carbocycles. The van der Waals surface area contributed by atoms with Crippen LogP contribution >= 0.6 is 0 Å². The summed E-state index contributed by atoms with van der Waals surface area (Å²) in [5.74, 6) is 0. The molecule has 1 rings (SSSR count). The molecule has 0 radical (unpaired) electrons. The van der Waals surface area contributed by atoms with E-state index in [9.17, 15) is 5.21 Å². The molecule has 7 heavy (non-hydrogen) atoms. The first-order chi connectivity index (χ1) is 3.21. The minimum atomic E-state index is -0.292. The molecule has 0 N–H and O–H groups in total. The molecule has 3 heteroatoms. The van der Waals surface area contributed by atoms with Crippen molar-refractivity contribution in [2.24, 2.45) is 4.99 Å². The number of hydroxylamine groups is 3. The number of hydrogen-bond donors (Lipinski definition) is 0. The van der Waals surface area contributed by atoms with Crippen LogP contribution in [-0.2, 0) is 0 Å². The summed E-state index contributed by atoms with van der Waals surface area (Å²) in [5, 5.41) is 10.7. The van der Waals surface area contributed by atoms with Gasteiger partial charge in [0, 0.05) is 0 Å². The first-order valence-corrected chi connectivity index (χ1v) is 2.28. The van der Waals surface area contributed by atoms with Gasteiger partial charge in [0.05, 0.1) is 13.6 Å². The maximum atomic E-state index is 10.7. The van der Waals surface area contributed by atoms with E-state index in [0.717, 1.165) is 0 Å². The Morgan fingerprint density at radius 1 is 1.86 bits per heavy atom. The second-order valence-corrected chi connectivity index (χ2v) is 1.92. The molecule has 1 atom stereocenters. The Kier molecular flexibility index (Phi) is 0.867. The zero-order chi connectivity index (χ0) is 5.33. The number of likely N-dealkylation sites (N-methyl/N-ethyl adjacent to an activating group) is 1. The number of hydrogen-bond acceptors (Lipinski definition) is 2. The van der Waals surface area contributed by atoms with Gasteiger partial charge >= 0.3 is 0 Å². The standard InChI is InChI=1S/C4H8N2O/c1-6(7)3-2-5-4-6/h4H,2-3H2,1H3. The molecule has 0 aromatic rings. The predicted octanol–water partition coefficient (Wildman–Crippen LogP) is -0.0273. The van der Waals surface area contributed by atoms with Crippen molar-refractivity contribution in [3.8, 4) is 0 Å². The molecule has 0 saturated carbocycles. The van der Waals surface area contributed by atoms with Gasteiger partial charge in [-0.1, -0.05) is 0 Å². The Labute approximate surface area is 42.4 Å². The highest BCUT2D eigenvalue weighted by molar-refractivity contribution is 5.48. The van der Waals surface area contributed by atoms with Crippen molar-refractivity contribution in [3.05, 3.63) is 5.21 Å². The monoisotopic (exact) mass is 100 g/mol. The van der Waals surface area contributed by atoms with Crippen molar-refractivity contribution in [3.63, 3.8) is 0 Å². The van der Waals surface area contributed by atoms with Gasteiger partial charge in [-0.25, -0.2) is 4.99 Å². The molecule has 0 aromatic heterocycles. The number of rotatable bonds is 0. The highest BCUT2D eigenvalue weighted by atomic mass is 16.5. The molecule has 40 valence electrons. The third-order valence-electron chi connectivity index (χ3n) is 0.999. The molecule has 0 aliphatic carbocycles. The Balaban J connectivity index is 2.57. The number of aliphatic imine (C=N–C) groups is 1. The first kappa shape index (κ1) is 4.74. The summed E-state index contributed by atoms with van der Waals surface area (Å²) in [7, 11) is 1.59. The van der Waals surface area contributed by atoms with Gasteiger partial charge in [0.25, 0.3) is 0 Å². The van der Waals surface area contributed by atoms with E-state index in [1.807, 2.05) is 0 Å². The van der Waals surface area contributed by atoms with Crippen LogP contribution < -0.4 is 0 Å². The van der Waals surface area contributed by atoms with Crippen LogP contribution in [0.3, 0.4) is 0 Å². The second kappa shape index (κ2) is 1.28. The zero-order valence-corrected chi connectivity index (χ0v) is 4.29. The lowest BCUT2D eigenvalue weighted by Crippen LogP contribution is -2.33. The number of quaternary nitrogens is 1. The van der Waals surface area contributed by atoms with E-state index < -0.39 is 0 Å². The van der Waals surface area contributed by atoms with Crippen molar-refractivity contribution >= 4 is 6.34 Å². The summed E-state index contributed by atoms with van der Waals surface area (Å²) in [5.41, 5.74) is 0. The zero-order valence-electron chi connectivity index (χ0n) is 4.29. The lowest BCUT2D eigenvalue weighted by Gasteiger charge is -2.27. The number of nitrogens with zero attached hydrogens (tertiary/aromatic N) is 2. The average Bonchev–Trinajstić information content (AvgIpc) is 1.84. The van der Waals surface area contributed by atoms with Crippen molar-refractivity contribution in [1.82, 2.24) is 0 Å². The maximum absolute atomic E-state index is 10.7. The normalized spacial score (nSPS) is 39.7. The minimum Gasteiger partial charge on any atom is -0.627 e. The molecule has 1 aliphatic heterocycles. The first-order valence-electron chi connectivity index (χ1n) is 2.28. The largest absolute Gasteiger partial charge is 0.627 e. The summed E-state index contributed by atoms with van der Waals surface area (Å²) < 4.78 is -0.292. The SMILES string of the molecule is C[N+]1([O-])C=NCC1. The lowest BCUT2D eigenvalue weighted by atomic mass is 10.6. The Hall–Kier alpha value is -0.410. The van der Waals surface area contributed by atoms with E-state index in [1.165, 1.54) is 6.34 Å². The molecule has 0 bridgehead atoms. The molecule has 1 aliphatic rings. The van der Waals surface area contributed by atoms with Crippen molar-refractivity contribution in [1.29, 1.82) is 0 Å². The fourth-order valence-electron chi connectivity index (χ4n) is 0.544. The summed E-state index contributed by atoms with van der Waals surface area (Å²) >= 11 is 0. The van der Waals surface area contributed by atoms with Gasteiger partial charge < -0.3 is 9.85 Å². The maximum Gasteiger partial charge on any atom is 0.185 e. The van der Waals surface area contributed by atoms with E-state index >= 15 is 0 Å². The van der Waals surface area contributed by atoms with Crippen LogP contribution in [0.4, 0.5) is 0 Å². The van der Waals surface area contributed by atoms with Gasteiger partial charge in [0.15, 0.2) is 6.34 Å². The van der Waals surface area contributed by atoms with E-state index in [4.69, 9.17) is 0 Å². The highest BCUT2D eigenvalue weighted by Crippen LogP contribution is 1.99. The topological polar surface area (TPSA) is 35.4 Å². The van der Waals surface area contributed by atoms with E-state index in [0.29, 0.717) is 13.1 Å². The molecular formula is C4H8N2O. The highest BCUT2D eigenvalue weighted by Gasteiger charge is 2.10.